The number of guanidine groups is 1. The lowest BCUT2D eigenvalue weighted by atomic mass is 9.85. The molecule has 1 aromatic rings. The first-order chi connectivity index (χ1) is 11.6. The number of hydrogen-bond acceptors (Lipinski definition) is 2. The van der Waals surface area contributed by atoms with Crippen LogP contribution in [0.3, 0.4) is 0 Å². The molecule has 3 N–H and O–H groups in total. The first kappa shape index (κ1) is 21.7. The third-order valence-corrected chi connectivity index (χ3v) is 4.37. The molecule has 0 heterocycles. The second kappa shape index (κ2) is 11.3. The van der Waals surface area contributed by atoms with Crippen LogP contribution in [0.1, 0.15) is 45.1 Å². The molecule has 0 saturated heterocycles. The predicted octanol–water partition coefficient (Wildman–Crippen LogP) is 3.75. The average molecular weight is 458 g/mol. The van der Waals surface area contributed by atoms with E-state index in [1.807, 2.05) is 24.3 Å². The standard InChI is InChI=1S/C19H30N4O.HI/c1-14(2)10-11-21-19(20-3)22-13-15-6-4-9-17(12-15)23-18(24)16-7-5-8-16;/h4,6,9,12,14,16H,5,7-8,10-11,13H2,1-3H3,(H,23,24)(H2,20,21,22);1H. The Morgan fingerprint density at radius 3 is 2.64 bits per heavy atom. The summed E-state index contributed by atoms with van der Waals surface area (Å²) in [6, 6.07) is 7.98. The molecular formula is C19H31IN4O. The first-order valence-electron chi connectivity index (χ1n) is 8.93. The molecule has 5 nitrogen and oxygen atoms in total. The van der Waals surface area contributed by atoms with Crippen molar-refractivity contribution in [3.8, 4) is 0 Å². The van der Waals surface area contributed by atoms with E-state index in [0.717, 1.165) is 43.0 Å². The summed E-state index contributed by atoms with van der Waals surface area (Å²) in [5.41, 5.74) is 1.99. The van der Waals surface area contributed by atoms with Crippen LogP contribution in [0.15, 0.2) is 29.3 Å². The van der Waals surface area contributed by atoms with Crippen molar-refractivity contribution in [2.24, 2.45) is 16.8 Å². The Balaban J connectivity index is 0.00000312. The van der Waals surface area contributed by atoms with Gasteiger partial charge < -0.3 is 16.0 Å². The molecule has 0 aromatic heterocycles. The molecule has 1 aromatic carbocycles. The molecule has 0 radical (unpaired) electrons. The monoisotopic (exact) mass is 458 g/mol. The molecule has 1 saturated carbocycles. The van der Waals surface area contributed by atoms with Gasteiger partial charge in [0.2, 0.25) is 5.91 Å². The highest BCUT2D eigenvalue weighted by atomic mass is 127. The van der Waals surface area contributed by atoms with Gasteiger partial charge in [-0.15, -0.1) is 24.0 Å². The highest BCUT2D eigenvalue weighted by molar-refractivity contribution is 14.0. The molecule has 0 aliphatic heterocycles. The Hall–Kier alpha value is -1.31. The number of hydrogen-bond donors (Lipinski definition) is 3. The summed E-state index contributed by atoms with van der Waals surface area (Å²) in [6.45, 7) is 6.01. The van der Waals surface area contributed by atoms with Gasteiger partial charge >= 0.3 is 0 Å². The Bertz CT molecular complexity index is 570. The fraction of sp³-hybridized carbons (Fsp3) is 0.579. The number of halogens is 1. The van der Waals surface area contributed by atoms with E-state index in [4.69, 9.17) is 0 Å². The van der Waals surface area contributed by atoms with Gasteiger partial charge in [-0.25, -0.2) is 0 Å². The number of anilines is 1. The van der Waals surface area contributed by atoms with Crippen molar-refractivity contribution in [3.05, 3.63) is 29.8 Å². The van der Waals surface area contributed by atoms with E-state index in [0.29, 0.717) is 12.5 Å². The molecule has 0 atom stereocenters. The van der Waals surface area contributed by atoms with Crippen molar-refractivity contribution in [2.45, 2.75) is 46.1 Å². The van der Waals surface area contributed by atoms with Crippen molar-refractivity contribution in [1.29, 1.82) is 0 Å². The van der Waals surface area contributed by atoms with Crippen LogP contribution in [-0.2, 0) is 11.3 Å². The quantitative estimate of drug-likeness (QED) is 0.331. The van der Waals surface area contributed by atoms with Crippen LogP contribution >= 0.6 is 24.0 Å². The fourth-order valence-corrected chi connectivity index (χ4v) is 2.56. The zero-order chi connectivity index (χ0) is 17.4. The van der Waals surface area contributed by atoms with Crippen LogP contribution in [0.25, 0.3) is 0 Å². The molecular weight excluding hydrogens is 427 g/mol. The van der Waals surface area contributed by atoms with Crippen LogP contribution in [0.2, 0.25) is 0 Å². The fourth-order valence-electron chi connectivity index (χ4n) is 2.56. The summed E-state index contributed by atoms with van der Waals surface area (Å²) >= 11 is 0. The van der Waals surface area contributed by atoms with Gasteiger partial charge in [0, 0.05) is 31.7 Å². The second-order valence-corrected chi connectivity index (χ2v) is 6.85. The van der Waals surface area contributed by atoms with E-state index in [2.05, 4.69) is 34.8 Å². The van der Waals surface area contributed by atoms with E-state index in [1.165, 1.54) is 6.42 Å². The van der Waals surface area contributed by atoms with E-state index in [1.54, 1.807) is 7.05 Å². The summed E-state index contributed by atoms with van der Waals surface area (Å²) in [4.78, 5) is 16.3. The minimum Gasteiger partial charge on any atom is -0.356 e. The van der Waals surface area contributed by atoms with E-state index in [-0.39, 0.29) is 35.8 Å². The molecule has 25 heavy (non-hydrogen) atoms. The largest absolute Gasteiger partial charge is 0.356 e. The second-order valence-electron chi connectivity index (χ2n) is 6.85. The lowest BCUT2D eigenvalue weighted by molar-refractivity contribution is -0.122. The number of carbonyl (C=O) groups is 1. The Labute approximate surface area is 168 Å². The average Bonchev–Trinajstić information content (AvgIpc) is 2.49. The van der Waals surface area contributed by atoms with E-state index in [9.17, 15) is 4.79 Å². The third-order valence-electron chi connectivity index (χ3n) is 4.37. The molecule has 1 aliphatic carbocycles. The number of carbonyl (C=O) groups excluding carboxylic acids is 1. The Kier molecular flexibility index (Phi) is 9.85. The van der Waals surface area contributed by atoms with Gasteiger partial charge in [-0.1, -0.05) is 32.4 Å². The van der Waals surface area contributed by atoms with Crippen molar-refractivity contribution >= 4 is 41.5 Å². The zero-order valence-electron chi connectivity index (χ0n) is 15.5. The lowest BCUT2D eigenvalue weighted by Gasteiger charge is -2.24. The Morgan fingerprint density at radius 2 is 2.04 bits per heavy atom. The minimum absolute atomic E-state index is 0. The molecule has 2 rings (SSSR count). The van der Waals surface area contributed by atoms with Gasteiger partial charge in [-0.3, -0.25) is 9.79 Å². The van der Waals surface area contributed by atoms with Gasteiger partial charge in [0.25, 0.3) is 0 Å². The van der Waals surface area contributed by atoms with Gasteiger partial charge in [0.05, 0.1) is 0 Å². The molecule has 1 fully saturated rings. The van der Waals surface area contributed by atoms with E-state index < -0.39 is 0 Å². The van der Waals surface area contributed by atoms with Gasteiger partial charge in [-0.2, -0.15) is 0 Å². The van der Waals surface area contributed by atoms with Gasteiger partial charge in [0.15, 0.2) is 5.96 Å². The van der Waals surface area contributed by atoms with Crippen LogP contribution in [0, 0.1) is 11.8 Å². The van der Waals surface area contributed by atoms with E-state index >= 15 is 0 Å². The highest BCUT2D eigenvalue weighted by Gasteiger charge is 2.25. The van der Waals surface area contributed by atoms with Crippen LogP contribution < -0.4 is 16.0 Å². The number of benzene rings is 1. The number of rotatable bonds is 7. The summed E-state index contributed by atoms with van der Waals surface area (Å²) in [5, 5.41) is 9.65. The summed E-state index contributed by atoms with van der Waals surface area (Å²) < 4.78 is 0. The topological polar surface area (TPSA) is 65.5 Å². The Morgan fingerprint density at radius 1 is 1.28 bits per heavy atom. The predicted molar refractivity (Wildman–Crippen MR) is 115 cm³/mol. The molecule has 0 unspecified atom stereocenters. The number of amides is 1. The van der Waals surface area contributed by atoms with Crippen LogP contribution in [0.5, 0.6) is 0 Å². The summed E-state index contributed by atoms with van der Waals surface area (Å²) in [7, 11) is 1.78. The van der Waals surface area contributed by atoms with Gasteiger partial charge in [0.1, 0.15) is 0 Å². The smallest absolute Gasteiger partial charge is 0.227 e. The van der Waals surface area contributed by atoms with Crippen molar-refractivity contribution in [3.63, 3.8) is 0 Å². The molecule has 0 spiro atoms. The molecule has 0 bridgehead atoms. The van der Waals surface area contributed by atoms with Crippen LogP contribution in [0.4, 0.5) is 5.69 Å². The van der Waals surface area contributed by atoms with Crippen molar-refractivity contribution in [2.75, 3.05) is 18.9 Å². The SMILES string of the molecule is CN=C(NCCC(C)C)NCc1cccc(NC(=O)C2CCC2)c1.I. The highest BCUT2D eigenvalue weighted by Crippen LogP contribution is 2.27. The maximum Gasteiger partial charge on any atom is 0.227 e. The van der Waals surface area contributed by atoms with Gasteiger partial charge in [-0.05, 0) is 42.9 Å². The maximum absolute atomic E-state index is 12.0. The normalized spacial score (nSPS) is 14.5. The first-order valence-corrected chi connectivity index (χ1v) is 8.93. The van der Waals surface area contributed by atoms with Crippen LogP contribution in [-0.4, -0.2) is 25.5 Å². The summed E-state index contributed by atoms with van der Waals surface area (Å²) in [5.74, 6) is 1.83. The number of aliphatic imine (C=N–C) groups is 1. The third kappa shape index (κ3) is 7.63. The number of nitrogens with one attached hydrogen (secondary N) is 3. The molecule has 6 heteroatoms. The lowest BCUT2D eigenvalue weighted by Crippen LogP contribution is -2.37. The molecule has 1 aliphatic rings. The molecule has 140 valence electrons. The van der Waals surface area contributed by atoms with Crippen molar-refractivity contribution < 1.29 is 4.79 Å². The molecule has 1 amide bonds. The summed E-state index contributed by atoms with van der Waals surface area (Å²) in [6.07, 6.45) is 4.32. The van der Waals surface area contributed by atoms with Crippen molar-refractivity contribution in [1.82, 2.24) is 10.6 Å². The zero-order valence-corrected chi connectivity index (χ0v) is 17.8. The minimum atomic E-state index is 0. The number of nitrogens with zero attached hydrogens (tertiary/aromatic N) is 1. The maximum atomic E-state index is 12.0.